The smallest absolute Gasteiger partial charge is 0.120 e. The molecule has 1 atom stereocenters. The standard InChI is InChI=1S/C29H31N3O2.3ClH/c33-26(22-34-27-13-14-28-25(20-27)12-7-15-30-28)21-31-16-18-32(19-17-31)29(23-8-3-1-4-9-23)24-10-5-2-6-11-24;;;/h1-15,20,26,29,33H,16-19,21-22H2;3*1H. The fourth-order valence-corrected chi connectivity index (χ4v) is 4.78. The molecule has 5 rings (SSSR count). The lowest BCUT2D eigenvalue weighted by Crippen LogP contribution is -2.50. The van der Waals surface area contributed by atoms with Crippen molar-refractivity contribution in [2.45, 2.75) is 12.1 Å². The zero-order valence-corrected chi connectivity index (χ0v) is 23.0. The molecule has 1 fully saturated rings. The van der Waals surface area contributed by atoms with Gasteiger partial charge in [-0.15, -0.1) is 37.2 Å². The van der Waals surface area contributed by atoms with E-state index in [1.54, 1.807) is 6.20 Å². The number of rotatable bonds is 8. The number of halogens is 3. The number of hydrogen-bond donors (Lipinski definition) is 1. The van der Waals surface area contributed by atoms with E-state index in [1.165, 1.54) is 11.1 Å². The van der Waals surface area contributed by atoms with Crippen molar-refractivity contribution in [3.63, 3.8) is 0 Å². The van der Waals surface area contributed by atoms with Crippen LogP contribution in [-0.4, -0.2) is 65.3 Å². The van der Waals surface area contributed by atoms with E-state index in [9.17, 15) is 5.11 Å². The summed E-state index contributed by atoms with van der Waals surface area (Å²) in [6, 6.07) is 31.5. The van der Waals surface area contributed by atoms with Crippen LogP contribution in [0.25, 0.3) is 10.9 Å². The number of piperazine rings is 1. The van der Waals surface area contributed by atoms with Crippen LogP contribution in [-0.2, 0) is 0 Å². The molecule has 0 radical (unpaired) electrons. The Kier molecular flexibility index (Phi) is 12.6. The highest BCUT2D eigenvalue weighted by Crippen LogP contribution is 2.29. The number of hydrogen-bond acceptors (Lipinski definition) is 5. The van der Waals surface area contributed by atoms with Gasteiger partial charge in [0.25, 0.3) is 0 Å². The van der Waals surface area contributed by atoms with Gasteiger partial charge in [0.05, 0.1) is 11.6 Å². The topological polar surface area (TPSA) is 48.8 Å². The van der Waals surface area contributed by atoms with E-state index in [0.29, 0.717) is 6.54 Å². The summed E-state index contributed by atoms with van der Waals surface area (Å²) in [4.78, 5) is 9.22. The molecule has 3 aromatic carbocycles. The predicted molar refractivity (Wildman–Crippen MR) is 158 cm³/mol. The van der Waals surface area contributed by atoms with Gasteiger partial charge in [0.2, 0.25) is 0 Å². The lowest BCUT2D eigenvalue weighted by atomic mass is 9.96. The molecule has 8 heteroatoms. The van der Waals surface area contributed by atoms with E-state index in [2.05, 4.69) is 75.4 Å². The molecule has 1 saturated heterocycles. The third kappa shape index (κ3) is 8.05. The number of pyridine rings is 1. The minimum absolute atomic E-state index is 0. The van der Waals surface area contributed by atoms with Gasteiger partial charge in [0, 0.05) is 44.3 Å². The molecule has 2 heterocycles. The Morgan fingerprint density at radius 2 is 1.38 bits per heavy atom. The molecule has 0 spiro atoms. The third-order valence-electron chi connectivity index (χ3n) is 6.49. The highest BCUT2D eigenvalue weighted by Gasteiger charge is 2.27. The van der Waals surface area contributed by atoms with Crippen molar-refractivity contribution in [3.05, 3.63) is 108 Å². The maximum absolute atomic E-state index is 10.6. The quantitative estimate of drug-likeness (QED) is 0.301. The molecule has 1 aliphatic heterocycles. The first-order valence-corrected chi connectivity index (χ1v) is 12.0. The van der Waals surface area contributed by atoms with Crippen LogP contribution in [0.2, 0.25) is 0 Å². The second kappa shape index (κ2) is 15.1. The van der Waals surface area contributed by atoms with Gasteiger partial charge in [-0.25, -0.2) is 0 Å². The Labute approximate surface area is 237 Å². The lowest BCUT2D eigenvalue weighted by Gasteiger charge is -2.40. The number of ether oxygens (including phenoxy) is 1. The molecule has 1 aromatic heterocycles. The molecule has 0 amide bonds. The van der Waals surface area contributed by atoms with Gasteiger partial charge in [-0.1, -0.05) is 66.7 Å². The first kappa shape index (κ1) is 30.8. The first-order chi connectivity index (χ1) is 16.8. The number of aliphatic hydroxyl groups is 1. The summed E-state index contributed by atoms with van der Waals surface area (Å²) in [5.74, 6) is 0.762. The second-order valence-corrected chi connectivity index (χ2v) is 8.88. The molecule has 1 N–H and O–H groups in total. The molecule has 1 unspecified atom stereocenters. The number of aromatic nitrogens is 1. The van der Waals surface area contributed by atoms with Crippen molar-refractivity contribution < 1.29 is 9.84 Å². The zero-order valence-electron chi connectivity index (χ0n) is 20.6. The molecule has 37 heavy (non-hydrogen) atoms. The predicted octanol–water partition coefficient (Wildman–Crippen LogP) is 5.65. The van der Waals surface area contributed by atoms with Crippen LogP contribution in [0.5, 0.6) is 5.75 Å². The number of β-amino-alcohol motifs (C(OH)–C–C–N with tert-alkyl or cyclic N) is 1. The number of aliphatic hydroxyl groups excluding tert-OH is 1. The van der Waals surface area contributed by atoms with Crippen LogP contribution in [0, 0.1) is 0 Å². The van der Waals surface area contributed by atoms with Crippen LogP contribution in [0.4, 0.5) is 0 Å². The van der Waals surface area contributed by atoms with Crippen LogP contribution >= 0.6 is 37.2 Å². The molecular formula is C29H34Cl3N3O2. The van der Waals surface area contributed by atoms with Crippen molar-refractivity contribution in [3.8, 4) is 5.75 Å². The molecule has 0 aliphatic carbocycles. The van der Waals surface area contributed by atoms with Crippen molar-refractivity contribution >= 4 is 48.1 Å². The van der Waals surface area contributed by atoms with Gasteiger partial charge in [0.1, 0.15) is 18.5 Å². The largest absolute Gasteiger partial charge is 0.491 e. The minimum atomic E-state index is -0.532. The van der Waals surface area contributed by atoms with Gasteiger partial charge in [-0.3, -0.25) is 14.8 Å². The van der Waals surface area contributed by atoms with Gasteiger partial charge in [-0.05, 0) is 35.4 Å². The van der Waals surface area contributed by atoms with Crippen molar-refractivity contribution in [1.82, 2.24) is 14.8 Å². The van der Waals surface area contributed by atoms with E-state index in [4.69, 9.17) is 4.74 Å². The maximum atomic E-state index is 10.6. The Hall–Kier alpha value is -2.38. The van der Waals surface area contributed by atoms with Crippen LogP contribution < -0.4 is 4.74 Å². The van der Waals surface area contributed by atoms with E-state index >= 15 is 0 Å². The summed E-state index contributed by atoms with van der Waals surface area (Å²) in [5, 5.41) is 11.7. The fraction of sp³-hybridized carbons (Fsp3) is 0.276. The summed E-state index contributed by atoms with van der Waals surface area (Å²) in [7, 11) is 0. The number of benzene rings is 3. The van der Waals surface area contributed by atoms with E-state index in [0.717, 1.165) is 42.8 Å². The highest BCUT2D eigenvalue weighted by atomic mass is 35.5. The van der Waals surface area contributed by atoms with Gasteiger partial charge in [-0.2, -0.15) is 0 Å². The second-order valence-electron chi connectivity index (χ2n) is 8.88. The molecular weight excluding hydrogens is 529 g/mol. The molecule has 1 aliphatic rings. The Bertz CT molecular complexity index is 1150. The SMILES string of the molecule is Cl.Cl.Cl.OC(COc1ccc2ncccc2c1)CN1CCN(C(c2ccccc2)c2ccccc2)CC1. The summed E-state index contributed by atoms with van der Waals surface area (Å²) >= 11 is 0. The van der Waals surface area contributed by atoms with Crippen LogP contribution in [0.3, 0.4) is 0 Å². The Balaban J connectivity index is 0.00000160. The zero-order chi connectivity index (χ0) is 23.2. The average molecular weight is 563 g/mol. The van der Waals surface area contributed by atoms with Gasteiger partial charge in [0.15, 0.2) is 0 Å². The molecule has 198 valence electrons. The molecule has 0 saturated carbocycles. The van der Waals surface area contributed by atoms with E-state index in [1.807, 2.05) is 30.3 Å². The minimum Gasteiger partial charge on any atom is -0.491 e. The van der Waals surface area contributed by atoms with Gasteiger partial charge < -0.3 is 9.84 Å². The number of nitrogens with zero attached hydrogens (tertiary/aromatic N) is 3. The van der Waals surface area contributed by atoms with Gasteiger partial charge >= 0.3 is 0 Å². The molecule has 0 bridgehead atoms. The Morgan fingerprint density at radius 3 is 2.00 bits per heavy atom. The van der Waals surface area contributed by atoms with E-state index in [-0.39, 0.29) is 49.9 Å². The normalized spacial score (nSPS) is 14.8. The summed E-state index contributed by atoms with van der Waals surface area (Å²) < 4.78 is 5.88. The van der Waals surface area contributed by atoms with Crippen molar-refractivity contribution in [2.24, 2.45) is 0 Å². The lowest BCUT2D eigenvalue weighted by molar-refractivity contribution is 0.0401. The monoisotopic (exact) mass is 561 g/mol. The van der Waals surface area contributed by atoms with Crippen molar-refractivity contribution in [1.29, 1.82) is 0 Å². The summed E-state index contributed by atoms with van der Waals surface area (Å²) in [6.45, 7) is 4.66. The van der Waals surface area contributed by atoms with Crippen LogP contribution in [0.1, 0.15) is 17.2 Å². The van der Waals surface area contributed by atoms with E-state index < -0.39 is 6.10 Å². The maximum Gasteiger partial charge on any atom is 0.120 e. The molecule has 5 nitrogen and oxygen atoms in total. The van der Waals surface area contributed by atoms with Crippen molar-refractivity contribution in [2.75, 3.05) is 39.3 Å². The average Bonchev–Trinajstić information content (AvgIpc) is 2.90. The molecule has 4 aromatic rings. The summed E-state index contributed by atoms with van der Waals surface area (Å²) in [6.07, 6.45) is 1.25. The number of fused-ring (bicyclic) bond motifs is 1. The third-order valence-corrected chi connectivity index (χ3v) is 6.49. The van der Waals surface area contributed by atoms with Crippen LogP contribution in [0.15, 0.2) is 97.2 Å². The highest BCUT2D eigenvalue weighted by molar-refractivity contribution is 5.86. The Morgan fingerprint density at radius 1 is 0.757 bits per heavy atom. The first-order valence-electron chi connectivity index (χ1n) is 12.0. The summed E-state index contributed by atoms with van der Waals surface area (Å²) in [5.41, 5.74) is 3.58. The fourth-order valence-electron chi connectivity index (χ4n) is 4.78.